The van der Waals surface area contributed by atoms with Gasteiger partial charge in [-0.1, -0.05) is 18.2 Å². The molecule has 0 saturated carbocycles. The zero-order chi connectivity index (χ0) is 14.4. The molecule has 0 bridgehead atoms. The number of anilines is 2. The van der Waals surface area contributed by atoms with Crippen LogP contribution >= 0.6 is 11.8 Å². The molecular formula is C15H15FN2OS. The maximum atomic E-state index is 13.0. The highest BCUT2D eigenvalue weighted by Gasteiger charge is 2.05. The predicted molar refractivity (Wildman–Crippen MR) is 81.7 cm³/mol. The van der Waals surface area contributed by atoms with Gasteiger partial charge in [-0.3, -0.25) is 4.79 Å². The maximum absolute atomic E-state index is 13.0. The number of rotatable bonds is 5. The molecule has 2 aromatic rings. The molecule has 20 heavy (non-hydrogen) atoms. The summed E-state index contributed by atoms with van der Waals surface area (Å²) in [7, 11) is 0. The molecular weight excluding hydrogens is 275 g/mol. The fourth-order valence-electron chi connectivity index (χ4n) is 1.74. The average Bonchev–Trinajstić information content (AvgIpc) is 2.45. The van der Waals surface area contributed by atoms with Gasteiger partial charge in [-0.2, -0.15) is 0 Å². The minimum Gasteiger partial charge on any atom is -0.375 e. The predicted octanol–water partition coefficient (Wildman–Crippen LogP) is 3.60. The molecule has 0 saturated heterocycles. The van der Waals surface area contributed by atoms with Gasteiger partial charge < -0.3 is 10.6 Å². The van der Waals surface area contributed by atoms with Crippen LogP contribution in [0.15, 0.2) is 53.4 Å². The first-order valence-corrected chi connectivity index (χ1v) is 7.34. The number of carbonyl (C=O) groups is 1. The van der Waals surface area contributed by atoms with Gasteiger partial charge in [0.1, 0.15) is 5.82 Å². The number of hydrogen-bond acceptors (Lipinski definition) is 3. The molecule has 0 aliphatic heterocycles. The number of para-hydroxylation sites is 1. The second kappa shape index (κ2) is 6.96. The summed E-state index contributed by atoms with van der Waals surface area (Å²) in [4.78, 5) is 12.9. The molecule has 0 aliphatic rings. The van der Waals surface area contributed by atoms with E-state index in [0.29, 0.717) is 5.69 Å². The third-order valence-electron chi connectivity index (χ3n) is 2.65. The molecule has 0 aromatic heterocycles. The van der Waals surface area contributed by atoms with Crippen LogP contribution < -0.4 is 10.6 Å². The highest BCUT2D eigenvalue weighted by atomic mass is 32.2. The van der Waals surface area contributed by atoms with Gasteiger partial charge in [-0.05, 0) is 36.6 Å². The first-order chi connectivity index (χ1) is 9.69. The standard InChI is InChI=1S/C15H15FN2OS/c1-20-14-8-3-2-7-13(14)17-10-15(19)18-12-6-4-5-11(16)9-12/h2-9,17H,10H2,1H3,(H,18,19). The largest absolute Gasteiger partial charge is 0.375 e. The summed E-state index contributed by atoms with van der Waals surface area (Å²) < 4.78 is 13.0. The molecule has 104 valence electrons. The Morgan fingerprint density at radius 3 is 2.75 bits per heavy atom. The SMILES string of the molecule is CSc1ccccc1NCC(=O)Nc1cccc(F)c1. The Bertz CT molecular complexity index is 604. The number of hydrogen-bond donors (Lipinski definition) is 2. The van der Waals surface area contributed by atoms with Crippen molar-refractivity contribution < 1.29 is 9.18 Å². The van der Waals surface area contributed by atoms with Gasteiger partial charge in [0.15, 0.2) is 0 Å². The molecule has 2 rings (SSSR count). The lowest BCUT2D eigenvalue weighted by Crippen LogP contribution is -2.22. The second-order valence-corrected chi connectivity index (χ2v) is 4.96. The Morgan fingerprint density at radius 2 is 2.00 bits per heavy atom. The van der Waals surface area contributed by atoms with Crippen molar-refractivity contribution >= 4 is 29.0 Å². The summed E-state index contributed by atoms with van der Waals surface area (Å²) in [6, 6.07) is 13.6. The summed E-state index contributed by atoms with van der Waals surface area (Å²) in [5.74, 6) is -0.588. The Kier molecular flexibility index (Phi) is 5.01. The van der Waals surface area contributed by atoms with Crippen molar-refractivity contribution in [2.45, 2.75) is 4.90 Å². The smallest absolute Gasteiger partial charge is 0.243 e. The van der Waals surface area contributed by atoms with Crippen LogP contribution in [0.25, 0.3) is 0 Å². The Morgan fingerprint density at radius 1 is 1.20 bits per heavy atom. The zero-order valence-corrected chi connectivity index (χ0v) is 11.8. The molecule has 0 spiro atoms. The van der Waals surface area contributed by atoms with E-state index in [9.17, 15) is 9.18 Å². The van der Waals surface area contributed by atoms with Crippen LogP contribution in [0.4, 0.5) is 15.8 Å². The lowest BCUT2D eigenvalue weighted by molar-refractivity contribution is -0.114. The third kappa shape index (κ3) is 3.99. The van der Waals surface area contributed by atoms with Gasteiger partial charge in [-0.15, -0.1) is 11.8 Å². The molecule has 0 fully saturated rings. The molecule has 0 aliphatic carbocycles. The molecule has 3 nitrogen and oxygen atoms in total. The Hall–Kier alpha value is -2.01. The third-order valence-corrected chi connectivity index (χ3v) is 3.45. The van der Waals surface area contributed by atoms with Gasteiger partial charge in [0.05, 0.1) is 6.54 Å². The lowest BCUT2D eigenvalue weighted by Gasteiger charge is -2.10. The zero-order valence-electron chi connectivity index (χ0n) is 11.0. The van der Waals surface area contributed by atoms with Crippen molar-refractivity contribution in [1.29, 1.82) is 0 Å². The normalized spacial score (nSPS) is 10.1. The molecule has 2 aromatic carbocycles. The van der Waals surface area contributed by atoms with Crippen molar-refractivity contribution in [1.82, 2.24) is 0 Å². The number of thioether (sulfide) groups is 1. The van der Waals surface area contributed by atoms with Crippen LogP contribution in [0.5, 0.6) is 0 Å². The fraction of sp³-hybridized carbons (Fsp3) is 0.133. The topological polar surface area (TPSA) is 41.1 Å². The summed E-state index contributed by atoms with van der Waals surface area (Å²) >= 11 is 1.61. The number of halogens is 1. The molecule has 1 amide bonds. The minimum absolute atomic E-state index is 0.133. The molecule has 0 heterocycles. The van der Waals surface area contributed by atoms with Gasteiger partial charge in [0, 0.05) is 16.3 Å². The van der Waals surface area contributed by atoms with Crippen molar-refractivity contribution in [2.75, 3.05) is 23.4 Å². The van der Waals surface area contributed by atoms with Gasteiger partial charge >= 0.3 is 0 Å². The van der Waals surface area contributed by atoms with Crippen molar-refractivity contribution in [2.24, 2.45) is 0 Å². The van der Waals surface area contributed by atoms with E-state index in [4.69, 9.17) is 0 Å². The van der Waals surface area contributed by atoms with E-state index in [2.05, 4.69) is 10.6 Å². The minimum atomic E-state index is -0.372. The molecule has 0 unspecified atom stereocenters. The molecule has 5 heteroatoms. The number of carbonyl (C=O) groups excluding carboxylic acids is 1. The summed E-state index contributed by atoms with van der Waals surface area (Å²) in [6.07, 6.45) is 1.98. The number of benzene rings is 2. The first-order valence-electron chi connectivity index (χ1n) is 6.11. The van der Waals surface area contributed by atoms with Crippen LogP contribution in [-0.2, 0) is 4.79 Å². The van der Waals surface area contributed by atoms with Crippen molar-refractivity contribution in [3.05, 3.63) is 54.3 Å². The van der Waals surface area contributed by atoms with E-state index in [1.165, 1.54) is 12.1 Å². The van der Waals surface area contributed by atoms with Crippen LogP contribution in [0, 0.1) is 5.82 Å². The number of amides is 1. The van der Waals surface area contributed by atoms with Gasteiger partial charge in [0.25, 0.3) is 0 Å². The average molecular weight is 290 g/mol. The summed E-state index contributed by atoms with van der Waals surface area (Å²) in [6.45, 7) is 0.133. The molecule has 2 N–H and O–H groups in total. The fourth-order valence-corrected chi connectivity index (χ4v) is 2.31. The molecule has 0 atom stereocenters. The quantitative estimate of drug-likeness (QED) is 0.827. The van der Waals surface area contributed by atoms with Crippen molar-refractivity contribution in [3.63, 3.8) is 0 Å². The second-order valence-electron chi connectivity index (χ2n) is 4.11. The van der Waals surface area contributed by atoms with E-state index in [1.54, 1.807) is 23.9 Å². The Labute approximate surface area is 121 Å². The lowest BCUT2D eigenvalue weighted by atomic mass is 10.3. The van der Waals surface area contributed by atoms with Crippen LogP contribution in [-0.4, -0.2) is 18.7 Å². The first kappa shape index (κ1) is 14.4. The van der Waals surface area contributed by atoms with E-state index < -0.39 is 0 Å². The highest BCUT2D eigenvalue weighted by Crippen LogP contribution is 2.24. The van der Waals surface area contributed by atoms with E-state index in [1.807, 2.05) is 30.5 Å². The van der Waals surface area contributed by atoms with Crippen molar-refractivity contribution in [3.8, 4) is 0 Å². The number of nitrogens with one attached hydrogen (secondary N) is 2. The van der Waals surface area contributed by atoms with Crippen LogP contribution in [0.2, 0.25) is 0 Å². The van der Waals surface area contributed by atoms with Gasteiger partial charge in [0.2, 0.25) is 5.91 Å². The summed E-state index contributed by atoms with van der Waals surface area (Å²) in [5.41, 5.74) is 1.37. The van der Waals surface area contributed by atoms with E-state index >= 15 is 0 Å². The van der Waals surface area contributed by atoms with Crippen LogP contribution in [0.3, 0.4) is 0 Å². The highest BCUT2D eigenvalue weighted by molar-refractivity contribution is 7.98. The van der Waals surface area contributed by atoms with Gasteiger partial charge in [-0.25, -0.2) is 4.39 Å². The summed E-state index contributed by atoms with van der Waals surface area (Å²) in [5, 5.41) is 5.71. The van der Waals surface area contributed by atoms with E-state index in [-0.39, 0.29) is 18.3 Å². The van der Waals surface area contributed by atoms with Crippen LogP contribution in [0.1, 0.15) is 0 Å². The maximum Gasteiger partial charge on any atom is 0.243 e. The van der Waals surface area contributed by atoms with E-state index in [0.717, 1.165) is 10.6 Å². The Balaban J connectivity index is 1.92. The molecule has 0 radical (unpaired) electrons. The monoisotopic (exact) mass is 290 g/mol.